The van der Waals surface area contributed by atoms with Crippen LogP contribution in [0, 0.1) is 0 Å². The van der Waals surface area contributed by atoms with Gasteiger partial charge in [0.25, 0.3) is 0 Å². The summed E-state index contributed by atoms with van der Waals surface area (Å²) in [5.74, 6) is 0. The highest BCUT2D eigenvalue weighted by atomic mass is 16.7. The molecule has 0 saturated heterocycles. The molecule has 0 radical (unpaired) electrons. The van der Waals surface area contributed by atoms with Gasteiger partial charge in [0.05, 0.1) is 6.54 Å². The van der Waals surface area contributed by atoms with Crippen molar-refractivity contribution in [3.05, 3.63) is 0 Å². The molecule has 100 valence electrons. The van der Waals surface area contributed by atoms with E-state index in [0.29, 0.717) is 19.8 Å². The van der Waals surface area contributed by atoms with Crippen molar-refractivity contribution in [2.45, 2.75) is 51.9 Å². The Hall–Kier alpha value is -0.810. The first-order valence-corrected chi connectivity index (χ1v) is 6.44. The second kappa shape index (κ2) is 8.31. The predicted molar refractivity (Wildman–Crippen MR) is 63.8 cm³/mol. The molecule has 1 aliphatic rings. The molecule has 0 bridgehead atoms. The molecule has 1 rings (SSSR count). The minimum Gasteiger partial charge on any atom is -0.446 e. The Morgan fingerprint density at radius 3 is 2.35 bits per heavy atom. The summed E-state index contributed by atoms with van der Waals surface area (Å²) >= 11 is 0. The zero-order valence-corrected chi connectivity index (χ0v) is 10.7. The van der Waals surface area contributed by atoms with Gasteiger partial charge in [-0.05, 0) is 39.5 Å². The van der Waals surface area contributed by atoms with E-state index >= 15 is 0 Å². The standard InChI is InChI=1S/C12H23NO4/c1-3-15-11(16-4-2)9-13-12(14)17-10-7-5-6-8-10/h10-11H,3-9H2,1-2H3,(H,13,14). The lowest BCUT2D eigenvalue weighted by molar-refractivity contribution is -0.132. The molecule has 0 unspecified atom stereocenters. The zero-order chi connectivity index (χ0) is 12.5. The van der Waals surface area contributed by atoms with Crippen LogP contribution in [-0.4, -0.2) is 38.2 Å². The summed E-state index contributed by atoms with van der Waals surface area (Å²) in [7, 11) is 0. The van der Waals surface area contributed by atoms with Crippen LogP contribution < -0.4 is 5.32 Å². The van der Waals surface area contributed by atoms with E-state index in [0.717, 1.165) is 25.7 Å². The fourth-order valence-corrected chi connectivity index (χ4v) is 1.90. The highest BCUT2D eigenvalue weighted by molar-refractivity contribution is 5.67. The lowest BCUT2D eigenvalue weighted by Crippen LogP contribution is -2.37. The maximum absolute atomic E-state index is 11.5. The van der Waals surface area contributed by atoms with Gasteiger partial charge in [0.1, 0.15) is 6.10 Å². The Morgan fingerprint density at radius 1 is 1.24 bits per heavy atom. The zero-order valence-electron chi connectivity index (χ0n) is 10.7. The SMILES string of the molecule is CCOC(CNC(=O)OC1CCCC1)OCC. The largest absolute Gasteiger partial charge is 0.446 e. The third-order valence-corrected chi connectivity index (χ3v) is 2.69. The first-order valence-electron chi connectivity index (χ1n) is 6.44. The number of carbonyl (C=O) groups excluding carboxylic acids is 1. The maximum atomic E-state index is 11.5. The second-order valence-electron chi connectivity index (χ2n) is 4.03. The molecule has 5 nitrogen and oxygen atoms in total. The van der Waals surface area contributed by atoms with Crippen molar-refractivity contribution in [3.8, 4) is 0 Å². The van der Waals surface area contributed by atoms with Gasteiger partial charge in [-0.3, -0.25) is 0 Å². The molecule has 17 heavy (non-hydrogen) atoms. The summed E-state index contributed by atoms with van der Waals surface area (Å²) in [4.78, 5) is 11.5. The topological polar surface area (TPSA) is 56.8 Å². The van der Waals surface area contributed by atoms with E-state index in [1.54, 1.807) is 0 Å². The minimum atomic E-state index is -0.388. The van der Waals surface area contributed by atoms with Gasteiger partial charge in [-0.1, -0.05) is 0 Å². The Labute approximate surface area is 103 Å². The number of amides is 1. The molecule has 0 atom stereocenters. The first kappa shape index (κ1) is 14.3. The quantitative estimate of drug-likeness (QED) is 0.697. The molecular weight excluding hydrogens is 222 g/mol. The molecule has 5 heteroatoms. The highest BCUT2D eigenvalue weighted by Gasteiger charge is 2.19. The van der Waals surface area contributed by atoms with Crippen molar-refractivity contribution >= 4 is 6.09 Å². The molecule has 0 aliphatic heterocycles. The van der Waals surface area contributed by atoms with Gasteiger partial charge in [-0.15, -0.1) is 0 Å². The van der Waals surface area contributed by atoms with Crippen LogP contribution >= 0.6 is 0 Å². The Balaban J connectivity index is 2.15. The molecule has 0 spiro atoms. The molecule has 0 aromatic carbocycles. The molecule has 0 heterocycles. The van der Waals surface area contributed by atoms with E-state index in [1.165, 1.54) is 0 Å². The molecule has 0 aromatic rings. The average Bonchev–Trinajstić information content (AvgIpc) is 2.79. The van der Waals surface area contributed by atoms with E-state index in [1.807, 2.05) is 13.8 Å². The van der Waals surface area contributed by atoms with E-state index in [2.05, 4.69) is 5.32 Å². The molecule has 0 aromatic heterocycles. The Kier molecular flexibility index (Phi) is 6.96. The lowest BCUT2D eigenvalue weighted by atomic mass is 10.3. The summed E-state index contributed by atoms with van der Waals surface area (Å²) in [6.45, 7) is 5.23. The van der Waals surface area contributed by atoms with Crippen molar-refractivity contribution in [2.75, 3.05) is 19.8 Å². The van der Waals surface area contributed by atoms with Crippen LogP contribution in [0.4, 0.5) is 4.79 Å². The molecule has 1 saturated carbocycles. The van der Waals surface area contributed by atoms with Crippen LogP contribution in [0.15, 0.2) is 0 Å². The van der Waals surface area contributed by atoms with E-state index in [-0.39, 0.29) is 18.5 Å². The Morgan fingerprint density at radius 2 is 1.82 bits per heavy atom. The van der Waals surface area contributed by atoms with Crippen molar-refractivity contribution < 1.29 is 19.0 Å². The first-order chi connectivity index (χ1) is 8.26. The van der Waals surface area contributed by atoms with E-state index < -0.39 is 0 Å². The lowest BCUT2D eigenvalue weighted by Gasteiger charge is -2.18. The van der Waals surface area contributed by atoms with Gasteiger partial charge in [-0.25, -0.2) is 4.79 Å². The van der Waals surface area contributed by atoms with Crippen LogP contribution in [0.3, 0.4) is 0 Å². The van der Waals surface area contributed by atoms with Crippen LogP contribution in [0.5, 0.6) is 0 Å². The number of alkyl carbamates (subject to hydrolysis) is 1. The van der Waals surface area contributed by atoms with Crippen molar-refractivity contribution in [1.29, 1.82) is 0 Å². The van der Waals surface area contributed by atoms with Gasteiger partial charge < -0.3 is 19.5 Å². The monoisotopic (exact) mass is 245 g/mol. The van der Waals surface area contributed by atoms with Gasteiger partial charge in [-0.2, -0.15) is 0 Å². The highest BCUT2D eigenvalue weighted by Crippen LogP contribution is 2.20. The molecular formula is C12H23NO4. The molecule has 1 amide bonds. The van der Waals surface area contributed by atoms with Crippen LogP contribution in [0.1, 0.15) is 39.5 Å². The smallest absolute Gasteiger partial charge is 0.407 e. The fraction of sp³-hybridized carbons (Fsp3) is 0.917. The van der Waals surface area contributed by atoms with Gasteiger partial charge in [0.15, 0.2) is 6.29 Å². The van der Waals surface area contributed by atoms with Gasteiger partial charge in [0.2, 0.25) is 0 Å². The number of hydrogen-bond donors (Lipinski definition) is 1. The van der Waals surface area contributed by atoms with Crippen LogP contribution in [0.2, 0.25) is 0 Å². The summed E-state index contributed by atoms with van der Waals surface area (Å²) in [6, 6.07) is 0. The van der Waals surface area contributed by atoms with Gasteiger partial charge in [0, 0.05) is 13.2 Å². The van der Waals surface area contributed by atoms with E-state index in [4.69, 9.17) is 14.2 Å². The number of nitrogens with one attached hydrogen (secondary N) is 1. The summed E-state index contributed by atoms with van der Waals surface area (Å²) in [6.07, 6.45) is 3.59. The Bertz CT molecular complexity index is 211. The van der Waals surface area contributed by atoms with Gasteiger partial charge >= 0.3 is 6.09 Å². The third kappa shape index (κ3) is 5.89. The average molecular weight is 245 g/mol. The van der Waals surface area contributed by atoms with Crippen LogP contribution in [0.25, 0.3) is 0 Å². The van der Waals surface area contributed by atoms with E-state index in [9.17, 15) is 4.79 Å². The van der Waals surface area contributed by atoms with Crippen molar-refractivity contribution in [2.24, 2.45) is 0 Å². The molecule has 1 N–H and O–H groups in total. The summed E-state index contributed by atoms with van der Waals surface area (Å²) in [5.41, 5.74) is 0. The number of ether oxygens (including phenoxy) is 3. The predicted octanol–water partition coefficient (Wildman–Crippen LogP) is 2.05. The molecule has 1 aliphatic carbocycles. The normalized spacial score (nSPS) is 16.4. The maximum Gasteiger partial charge on any atom is 0.407 e. The fourth-order valence-electron chi connectivity index (χ4n) is 1.90. The van der Waals surface area contributed by atoms with Crippen LogP contribution in [-0.2, 0) is 14.2 Å². The third-order valence-electron chi connectivity index (χ3n) is 2.69. The number of hydrogen-bond acceptors (Lipinski definition) is 4. The van der Waals surface area contributed by atoms with Crippen molar-refractivity contribution in [3.63, 3.8) is 0 Å². The number of rotatable bonds is 7. The molecule has 1 fully saturated rings. The second-order valence-corrected chi connectivity index (χ2v) is 4.03. The number of carbonyl (C=O) groups is 1. The minimum absolute atomic E-state index is 0.0904. The van der Waals surface area contributed by atoms with Crippen molar-refractivity contribution in [1.82, 2.24) is 5.32 Å². The summed E-state index contributed by atoms with van der Waals surface area (Å²) in [5, 5.41) is 2.67. The summed E-state index contributed by atoms with van der Waals surface area (Å²) < 4.78 is 15.9.